The summed E-state index contributed by atoms with van der Waals surface area (Å²) in [6, 6.07) is 15.1. The molecule has 1 aliphatic rings. The van der Waals surface area contributed by atoms with E-state index in [1.165, 1.54) is 38.2 Å². The Hall–Kier alpha value is -2.51. The number of nitrogens with zero attached hydrogens (tertiary/aromatic N) is 4. The molecule has 182 valence electrons. The summed E-state index contributed by atoms with van der Waals surface area (Å²) in [6.07, 6.45) is 3.86. The van der Waals surface area contributed by atoms with Gasteiger partial charge in [-0.05, 0) is 80.8 Å². The topological polar surface area (TPSA) is 53.4 Å². The molecule has 34 heavy (non-hydrogen) atoms. The SMILES string of the molecule is CC(=O)Nc1ccc(SN(C)c2ccc3c(c2)nc(C(C)(C)C)n3C[C@H]2CCCCN2C)cc1. The molecule has 2 aromatic carbocycles. The van der Waals surface area contributed by atoms with Crippen molar-refractivity contribution in [2.75, 3.05) is 30.3 Å². The Labute approximate surface area is 207 Å². The highest BCUT2D eigenvalue weighted by molar-refractivity contribution is 8.00. The number of imidazole rings is 1. The van der Waals surface area contributed by atoms with Crippen molar-refractivity contribution in [3.05, 3.63) is 48.3 Å². The lowest BCUT2D eigenvalue weighted by Crippen LogP contribution is -2.40. The van der Waals surface area contributed by atoms with Gasteiger partial charge in [-0.2, -0.15) is 0 Å². The average Bonchev–Trinajstić information content (AvgIpc) is 3.14. The number of carbonyl (C=O) groups excluding carboxylic acids is 1. The van der Waals surface area contributed by atoms with Crippen LogP contribution in [0.2, 0.25) is 0 Å². The summed E-state index contributed by atoms with van der Waals surface area (Å²) in [6.45, 7) is 10.4. The average molecular weight is 480 g/mol. The first-order valence-corrected chi connectivity index (χ1v) is 12.9. The molecule has 0 bridgehead atoms. The van der Waals surface area contributed by atoms with Gasteiger partial charge in [0.1, 0.15) is 5.82 Å². The number of anilines is 2. The second-order valence-corrected chi connectivity index (χ2v) is 11.6. The molecule has 1 atom stereocenters. The predicted octanol–water partition coefficient (Wildman–Crippen LogP) is 5.92. The summed E-state index contributed by atoms with van der Waals surface area (Å²) < 4.78 is 4.62. The Kier molecular flexibility index (Phi) is 7.24. The number of likely N-dealkylation sites (N-methyl/N-ethyl adjacent to an activating group) is 1. The summed E-state index contributed by atoms with van der Waals surface area (Å²) in [4.78, 5) is 20.0. The van der Waals surface area contributed by atoms with Crippen LogP contribution in [0.15, 0.2) is 47.4 Å². The third kappa shape index (κ3) is 5.58. The molecule has 0 saturated carbocycles. The fourth-order valence-electron chi connectivity index (χ4n) is 4.67. The van der Waals surface area contributed by atoms with E-state index < -0.39 is 0 Å². The zero-order valence-corrected chi connectivity index (χ0v) is 22.1. The zero-order chi connectivity index (χ0) is 24.5. The minimum atomic E-state index is -0.0602. The van der Waals surface area contributed by atoms with Crippen LogP contribution in [0.1, 0.15) is 52.8 Å². The number of rotatable bonds is 6. The minimum Gasteiger partial charge on any atom is -0.326 e. The highest BCUT2D eigenvalue weighted by Gasteiger charge is 2.27. The van der Waals surface area contributed by atoms with Gasteiger partial charge in [0.2, 0.25) is 5.91 Å². The third-order valence-corrected chi connectivity index (χ3v) is 7.47. The van der Waals surface area contributed by atoms with Crippen molar-refractivity contribution in [3.8, 4) is 0 Å². The number of piperidine rings is 1. The van der Waals surface area contributed by atoms with Crippen LogP contribution in [-0.2, 0) is 16.8 Å². The van der Waals surface area contributed by atoms with Crippen molar-refractivity contribution in [1.82, 2.24) is 14.5 Å². The molecule has 1 aromatic heterocycles. The number of likely N-dealkylation sites (tertiary alicyclic amines) is 1. The molecule has 1 aliphatic heterocycles. The van der Waals surface area contributed by atoms with Crippen molar-refractivity contribution >= 4 is 40.3 Å². The maximum absolute atomic E-state index is 11.2. The van der Waals surface area contributed by atoms with Crippen LogP contribution in [0.5, 0.6) is 0 Å². The van der Waals surface area contributed by atoms with Crippen LogP contribution in [0, 0.1) is 0 Å². The van der Waals surface area contributed by atoms with Crippen molar-refractivity contribution in [2.24, 2.45) is 0 Å². The second kappa shape index (κ2) is 10.0. The van der Waals surface area contributed by atoms with Crippen LogP contribution in [0.4, 0.5) is 11.4 Å². The molecule has 6 nitrogen and oxygen atoms in total. The number of hydrogen-bond donors (Lipinski definition) is 1. The summed E-state index contributed by atoms with van der Waals surface area (Å²) in [7, 11) is 4.33. The summed E-state index contributed by atoms with van der Waals surface area (Å²) >= 11 is 1.66. The van der Waals surface area contributed by atoms with E-state index in [0.717, 1.165) is 34.2 Å². The van der Waals surface area contributed by atoms with E-state index in [-0.39, 0.29) is 11.3 Å². The van der Waals surface area contributed by atoms with Gasteiger partial charge in [0, 0.05) is 48.2 Å². The van der Waals surface area contributed by atoms with E-state index in [9.17, 15) is 4.79 Å². The molecule has 4 rings (SSSR count). The molecule has 2 heterocycles. The van der Waals surface area contributed by atoms with Crippen LogP contribution in [0.3, 0.4) is 0 Å². The van der Waals surface area contributed by atoms with Crippen LogP contribution in [-0.4, -0.2) is 47.0 Å². The van der Waals surface area contributed by atoms with Crippen LogP contribution < -0.4 is 9.62 Å². The lowest BCUT2D eigenvalue weighted by atomic mass is 9.95. The highest BCUT2D eigenvalue weighted by atomic mass is 32.2. The molecule has 0 unspecified atom stereocenters. The molecule has 1 N–H and O–H groups in total. The normalized spacial score (nSPS) is 17.2. The largest absolute Gasteiger partial charge is 0.326 e. The Bertz CT molecular complexity index is 1150. The molecule has 0 spiro atoms. The first-order valence-electron chi connectivity index (χ1n) is 12.1. The Morgan fingerprint density at radius 1 is 1.18 bits per heavy atom. The van der Waals surface area contributed by atoms with Gasteiger partial charge in [-0.25, -0.2) is 4.98 Å². The van der Waals surface area contributed by atoms with E-state index in [0.29, 0.717) is 6.04 Å². The first-order chi connectivity index (χ1) is 16.1. The maximum Gasteiger partial charge on any atom is 0.221 e. The van der Waals surface area contributed by atoms with Crippen molar-refractivity contribution in [1.29, 1.82) is 0 Å². The van der Waals surface area contributed by atoms with E-state index in [1.807, 2.05) is 24.3 Å². The number of amides is 1. The van der Waals surface area contributed by atoms with Crippen LogP contribution >= 0.6 is 11.9 Å². The summed E-state index contributed by atoms with van der Waals surface area (Å²) in [5.41, 5.74) is 4.16. The smallest absolute Gasteiger partial charge is 0.221 e. The second-order valence-electron chi connectivity index (χ2n) is 10.4. The van der Waals surface area contributed by atoms with Crippen molar-refractivity contribution < 1.29 is 4.79 Å². The standard InChI is InChI=1S/C27H37N5OS/c1-19(33)28-20-10-13-23(14-11-20)34-31(6)21-12-15-25-24(17-21)29-26(27(2,3)4)32(25)18-22-9-7-8-16-30(22)5/h10-15,17,22H,7-9,16,18H2,1-6H3,(H,28,33)/t22-/m1/s1. The number of nitrogens with one attached hydrogen (secondary N) is 1. The van der Waals surface area contributed by atoms with Gasteiger partial charge in [-0.1, -0.05) is 27.2 Å². The molecule has 1 saturated heterocycles. The molecule has 3 aromatic rings. The van der Waals surface area contributed by atoms with Gasteiger partial charge in [0.15, 0.2) is 0 Å². The summed E-state index contributed by atoms with van der Waals surface area (Å²) in [5.74, 6) is 1.09. The molecule has 7 heteroatoms. The lowest BCUT2D eigenvalue weighted by Gasteiger charge is -2.34. The van der Waals surface area contributed by atoms with Crippen molar-refractivity contribution in [2.45, 2.75) is 69.9 Å². The third-order valence-electron chi connectivity index (χ3n) is 6.50. The Morgan fingerprint density at radius 3 is 2.56 bits per heavy atom. The van der Waals surface area contributed by atoms with Gasteiger partial charge in [-0.3, -0.25) is 4.79 Å². The van der Waals surface area contributed by atoms with Crippen molar-refractivity contribution in [3.63, 3.8) is 0 Å². The van der Waals surface area contributed by atoms with Crippen LogP contribution in [0.25, 0.3) is 11.0 Å². The van der Waals surface area contributed by atoms with Gasteiger partial charge in [0.05, 0.1) is 11.0 Å². The van der Waals surface area contributed by atoms with Gasteiger partial charge >= 0.3 is 0 Å². The fraction of sp³-hybridized carbons (Fsp3) is 0.481. The maximum atomic E-state index is 11.2. The number of benzene rings is 2. The minimum absolute atomic E-state index is 0.0251. The fourth-order valence-corrected chi connectivity index (χ4v) is 5.46. The van der Waals surface area contributed by atoms with E-state index in [4.69, 9.17) is 4.98 Å². The lowest BCUT2D eigenvalue weighted by molar-refractivity contribution is -0.114. The van der Waals surface area contributed by atoms with E-state index in [1.54, 1.807) is 11.9 Å². The molecule has 1 amide bonds. The molecule has 0 aliphatic carbocycles. The number of hydrogen-bond acceptors (Lipinski definition) is 5. The number of aromatic nitrogens is 2. The summed E-state index contributed by atoms with van der Waals surface area (Å²) in [5, 5.41) is 2.81. The Morgan fingerprint density at radius 2 is 1.91 bits per heavy atom. The molecular formula is C27H37N5OS. The monoisotopic (exact) mass is 479 g/mol. The van der Waals surface area contributed by atoms with Gasteiger partial charge < -0.3 is 19.1 Å². The predicted molar refractivity (Wildman–Crippen MR) is 144 cm³/mol. The number of carbonyl (C=O) groups is 1. The number of fused-ring (bicyclic) bond motifs is 1. The first kappa shape index (κ1) is 24.6. The highest BCUT2D eigenvalue weighted by Crippen LogP contribution is 2.33. The van der Waals surface area contributed by atoms with E-state index in [2.05, 4.69) is 72.2 Å². The molecule has 0 radical (unpaired) electrons. The van der Waals surface area contributed by atoms with Gasteiger partial charge in [0.25, 0.3) is 0 Å². The Balaban J connectivity index is 1.58. The molecular weight excluding hydrogens is 442 g/mol. The molecule has 1 fully saturated rings. The van der Waals surface area contributed by atoms with E-state index >= 15 is 0 Å². The quantitative estimate of drug-likeness (QED) is 0.445. The zero-order valence-electron chi connectivity index (χ0n) is 21.3. The van der Waals surface area contributed by atoms with Gasteiger partial charge in [-0.15, -0.1) is 0 Å².